The SMILES string of the molecule is C[C@@H](O)CNC(=O)c1cc2ncccc2[nH]c1=O. The van der Waals surface area contributed by atoms with Crippen molar-refractivity contribution in [3.05, 3.63) is 40.3 Å². The quantitative estimate of drug-likeness (QED) is 0.713. The molecule has 0 spiro atoms. The Labute approximate surface area is 103 Å². The van der Waals surface area contributed by atoms with Crippen LogP contribution in [0.15, 0.2) is 29.2 Å². The maximum absolute atomic E-state index is 11.7. The molecule has 0 saturated heterocycles. The minimum Gasteiger partial charge on any atom is -0.392 e. The number of fused-ring (bicyclic) bond motifs is 1. The molecule has 0 aliphatic carbocycles. The van der Waals surface area contributed by atoms with Crippen molar-refractivity contribution in [3.8, 4) is 0 Å². The molecular weight excluding hydrogens is 234 g/mol. The minimum absolute atomic E-state index is 0.0122. The zero-order valence-electron chi connectivity index (χ0n) is 9.80. The molecular formula is C12H13N3O3. The molecule has 6 nitrogen and oxygen atoms in total. The predicted octanol–water partition coefficient (Wildman–Crippen LogP) is 0.0337. The molecule has 0 aromatic carbocycles. The molecule has 1 atom stereocenters. The molecule has 2 heterocycles. The zero-order valence-corrected chi connectivity index (χ0v) is 9.80. The first kappa shape index (κ1) is 12.3. The average molecular weight is 247 g/mol. The maximum Gasteiger partial charge on any atom is 0.261 e. The second kappa shape index (κ2) is 4.97. The molecule has 0 aliphatic heterocycles. The molecule has 0 unspecified atom stereocenters. The Morgan fingerprint density at radius 2 is 2.39 bits per heavy atom. The number of rotatable bonds is 3. The Balaban J connectivity index is 2.36. The summed E-state index contributed by atoms with van der Waals surface area (Å²) in [6.45, 7) is 1.64. The van der Waals surface area contributed by atoms with Crippen molar-refractivity contribution in [3.63, 3.8) is 0 Å². The topological polar surface area (TPSA) is 95.1 Å². The molecule has 0 saturated carbocycles. The lowest BCUT2D eigenvalue weighted by atomic mass is 10.2. The first-order valence-electron chi connectivity index (χ1n) is 5.52. The molecule has 0 bridgehead atoms. The number of carbonyl (C=O) groups excluding carboxylic acids is 1. The van der Waals surface area contributed by atoms with Gasteiger partial charge < -0.3 is 15.4 Å². The van der Waals surface area contributed by atoms with Crippen LogP contribution in [-0.2, 0) is 0 Å². The van der Waals surface area contributed by atoms with E-state index in [9.17, 15) is 9.59 Å². The third-order valence-corrected chi connectivity index (χ3v) is 2.42. The van der Waals surface area contributed by atoms with Gasteiger partial charge in [0.2, 0.25) is 0 Å². The lowest BCUT2D eigenvalue weighted by molar-refractivity contribution is 0.0922. The van der Waals surface area contributed by atoms with Gasteiger partial charge in [0.1, 0.15) is 5.56 Å². The largest absolute Gasteiger partial charge is 0.392 e. The number of carbonyl (C=O) groups is 1. The van der Waals surface area contributed by atoms with E-state index >= 15 is 0 Å². The van der Waals surface area contributed by atoms with Crippen molar-refractivity contribution < 1.29 is 9.90 Å². The number of hydrogen-bond donors (Lipinski definition) is 3. The number of nitrogens with zero attached hydrogens (tertiary/aromatic N) is 1. The van der Waals surface area contributed by atoms with E-state index in [4.69, 9.17) is 5.11 Å². The molecule has 2 rings (SSSR count). The Bertz CT molecular complexity index is 634. The number of amides is 1. The second-order valence-electron chi connectivity index (χ2n) is 4.01. The highest BCUT2D eigenvalue weighted by atomic mass is 16.3. The summed E-state index contributed by atoms with van der Waals surface area (Å²) in [7, 11) is 0. The maximum atomic E-state index is 11.7. The van der Waals surface area contributed by atoms with E-state index in [0.29, 0.717) is 11.0 Å². The molecule has 3 N–H and O–H groups in total. The Morgan fingerprint density at radius 3 is 3.11 bits per heavy atom. The molecule has 94 valence electrons. The number of aromatic amines is 1. The van der Waals surface area contributed by atoms with Crippen LogP contribution in [0.2, 0.25) is 0 Å². The minimum atomic E-state index is -0.661. The van der Waals surface area contributed by atoms with Gasteiger partial charge in [-0.2, -0.15) is 0 Å². The molecule has 2 aromatic rings. The van der Waals surface area contributed by atoms with E-state index in [-0.39, 0.29) is 12.1 Å². The second-order valence-corrected chi connectivity index (χ2v) is 4.01. The van der Waals surface area contributed by atoms with Crippen LogP contribution in [-0.4, -0.2) is 33.6 Å². The van der Waals surface area contributed by atoms with Crippen molar-refractivity contribution in [1.82, 2.24) is 15.3 Å². The zero-order chi connectivity index (χ0) is 13.1. The van der Waals surface area contributed by atoms with E-state index in [1.165, 1.54) is 6.07 Å². The van der Waals surface area contributed by atoms with Crippen LogP contribution in [0.5, 0.6) is 0 Å². The molecule has 18 heavy (non-hydrogen) atoms. The van der Waals surface area contributed by atoms with Crippen molar-refractivity contribution in [2.75, 3.05) is 6.54 Å². The van der Waals surface area contributed by atoms with E-state index in [1.54, 1.807) is 25.3 Å². The fraction of sp³-hybridized carbons (Fsp3) is 0.250. The lowest BCUT2D eigenvalue weighted by Crippen LogP contribution is -2.34. The lowest BCUT2D eigenvalue weighted by Gasteiger charge is -2.07. The standard InChI is InChI=1S/C12H13N3O3/c1-7(16)6-14-11(17)8-5-10-9(15-12(8)18)3-2-4-13-10/h2-5,7,16H,6H2,1H3,(H,14,17)(H,15,18)/t7-/m1/s1. The van der Waals surface area contributed by atoms with Crippen molar-refractivity contribution in [2.24, 2.45) is 0 Å². The van der Waals surface area contributed by atoms with E-state index < -0.39 is 17.6 Å². The number of pyridine rings is 2. The number of aliphatic hydroxyl groups is 1. The van der Waals surface area contributed by atoms with Gasteiger partial charge in [-0.15, -0.1) is 0 Å². The van der Waals surface area contributed by atoms with Gasteiger partial charge in [-0.25, -0.2) is 0 Å². The van der Waals surface area contributed by atoms with Crippen LogP contribution in [0, 0.1) is 0 Å². The summed E-state index contributed by atoms with van der Waals surface area (Å²) in [6.07, 6.45) is 0.921. The molecule has 2 aromatic heterocycles. The highest BCUT2D eigenvalue weighted by Crippen LogP contribution is 2.06. The number of nitrogens with one attached hydrogen (secondary N) is 2. The highest BCUT2D eigenvalue weighted by molar-refractivity contribution is 5.96. The summed E-state index contributed by atoms with van der Waals surface area (Å²) in [4.78, 5) is 30.1. The Hall–Kier alpha value is -2.21. The van der Waals surface area contributed by atoms with Crippen LogP contribution < -0.4 is 10.9 Å². The number of H-pyrrole nitrogens is 1. The van der Waals surface area contributed by atoms with Crippen LogP contribution in [0.1, 0.15) is 17.3 Å². The summed E-state index contributed by atoms with van der Waals surface area (Å²) in [5.74, 6) is -0.523. The van der Waals surface area contributed by atoms with Crippen molar-refractivity contribution in [2.45, 2.75) is 13.0 Å². The van der Waals surface area contributed by atoms with E-state index in [0.717, 1.165) is 0 Å². The van der Waals surface area contributed by atoms with Gasteiger partial charge >= 0.3 is 0 Å². The fourth-order valence-corrected chi connectivity index (χ4v) is 1.53. The first-order valence-corrected chi connectivity index (χ1v) is 5.52. The third kappa shape index (κ3) is 2.54. The van der Waals surface area contributed by atoms with Gasteiger partial charge in [0.05, 0.1) is 17.1 Å². The van der Waals surface area contributed by atoms with Crippen LogP contribution in [0.25, 0.3) is 11.0 Å². The summed E-state index contributed by atoms with van der Waals surface area (Å²) < 4.78 is 0. The van der Waals surface area contributed by atoms with Crippen LogP contribution in [0.3, 0.4) is 0 Å². The van der Waals surface area contributed by atoms with E-state index in [2.05, 4.69) is 15.3 Å². The molecule has 0 fully saturated rings. The van der Waals surface area contributed by atoms with Gasteiger partial charge in [0.25, 0.3) is 11.5 Å². The van der Waals surface area contributed by atoms with Crippen LogP contribution in [0.4, 0.5) is 0 Å². The Kier molecular flexibility index (Phi) is 3.38. The van der Waals surface area contributed by atoms with Crippen molar-refractivity contribution >= 4 is 16.9 Å². The van der Waals surface area contributed by atoms with Crippen molar-refractivity contribution in [1.29, 1.82) is 0 Å². The number of aromatic nitrogens is 2. The summed E-state index contributed by atoms with van der Waals surface area (Å²) in [6, 6.07) is 4.85. The fourth-order valence-electron chi connectivity index (χ4n) is 1.53. The molecule has 1 amide bonds. The highest BCUT2D eigenvalue weighted by Gasteiger charge is 2.12. The summed E-state index contributed by atoms with van der Waals surface area (Å²) in [5, 5.41) is 11.5. The van der Waals surface area contributed by atoms with Gasteiger partial charge in [-0.1, -0.05) is 0 Å². The molecule has 0 radical (unpaired) electrons. The summed E-state index contributed by atoms with van der Waals surface area (Å²) >= 11 is 0. The van der Waals surface area contributed by atoms with Gasteiger partial charge in [-0.05, 0) is 25.1 Å². The average Bonchev–Trinajstić information content (AvgIpc) is 2.35. The van der Waals surface area contributed by atoms with Gasteiger partial charge in [0.15, 0.2) is 0 Å². The smallest absolute Gasteiger partial charge is 0.261 e. The van der Waals surface area contributed by atoms with Gasteiger partial charge in [-0.3, -0.25) is 14.6 Å². The van der Waals surface area contributed by atoms with Gasteiger partial charge in [0, 0.05) is 12.7 Å². The predicted molar refractivity (Wildman–Crippen MR) is 66.4 cm³/mol. The molecule has 0 aliphatic rings. The normalized spacial score (nSPS) is 12.3. The molecule has 6 heteroatoms. The monoisotopic (exact) mass is 247 g/mol. The van der Waals surface area contributed by atoms with Crippen LogP contribution >= 0.6 is 0 Å². The number of hydrogen-bond acceptors (Lipinski definition) is 4. The number of aliphatic hydroxyl groups excluding tert-OH is 1. The van der Waals surface area contributed by atoms with E-state index in [1.807, 2.05) is 0 Å². The first-order chi connectivity index (χ1) is 8.58. The third-order valence-electron chi connectivity index (χ3n) is 2.42. The summed E-state index contributed by atoms with van der Waals surface area (Å²) in [5.41, 5.74) is 0.634. The Morgan fingerprint density at radius 1 is 1.61 bits per heavy atom.